The second kappa shape index (κ2) is 8.97. The van der Waals surface area contributed by atoms with Crippen LogP contribution in [-0.2, 0) is 6.42 Å². The molecule has 0 aliphatic heterocycles. The number of hydrogen-bond donors (Lipinski definition) is 2. The van der Waals surface area contributed by atoms with Gasteiger partial charge in [0.15, 0.2) is 5.96 Å². The molecule has 1 aromatic rings. The first-order valence-electron chi connectivity index (χ1n) is 7.16. The first kappa shape index (κ1) is 16.0. The minimum atomic E-state index is 0.407. The molecule has 0 saturated heterocycles. The van der Waals surface area contributed by atoms with Gasteiger partial charge in [-0.25, -0.2) is 0 Å². The molecule has 1 unspecified atom stereocenters. The number of hydrogen-bond acceptors (Lipinski definition) is 2. The molecule has 3 nitrogen and oxygen atoms in total. The third-order valence-corrected chi connectivity index (χ3v) is 3.97. The van der Waals surface area contributed by atoms with Gasteiger partial charge in [-0.3, -0.25) is 4.99 Å². The van der Waals surface area contributed by atoms with Crippen LogP contribution in [0.3, 0.4) is 0 Å². The molecule has 108 valence electrons. The zero-order chi connectivity index (χ0) is 14.1. The molecule has 0 fully saturated rings. The summed E-state index contributed by atoms with van der Waals surface area (Å²) in [6, 6.07) is 4.62. The molecule has 1 atom stereocenters. The van der Waals surface area contributed by atoms with Crippen molar-refractivity contribution < 1.29 is 0 Å². The summed E-state index contributed by atoms with van der Waals surface area (Å²) in [7, 11) is 0. The van der Waals surface area contributed by atoms with Crippen LogP contribution in [0.25, 0.3) is 0 Å². The average Bonchev–Trinajstić information content (AvgIpc) is 2.81. The molecule has 0 bridgehead atoms. The summed E-state index contributed by atoms with van der Waals surface area (Å²) in [5.41, 5.74) is 5.89. The largest absolute Gasteiger partial charge is 0.370 e. The highest BCUT2D eigenvalue weighted by atomic mass is 32.1. The zero-order valence-corrected chi connectivity index (χ0v) is 13.2. The second-order valence-electron chi connectivity index (χ2n) is 5.47. The third-order valence-electron chi connectivity index (χ3n) is 3.03. The average molecular weight is 281 g/mol. The summed E-state index contributed by atoms with van der Waals surface area (Å²) in [4.78, 5) is 5.73. The molecule has 1 heterocycles. The highest BCUT2D eigenvalue weighted by molar-refractivity contribution is 7.09. The zero-order valence-electron chi connectivity index (χ0n) is 12.4. The summed E-state index contributed by atoms with van der Waals surface area (Å²) >= 11 is 1.77. The van der Waals surface area contributed by atoms with Crippen molar-refractivity contribution in [1.29, 1.82) is 0 Å². The summed E-state index contributed by atoms with van der Waals surface area (Å²) in [5.74, 6) is 1.36. The SMILES string of the molecule is CC(C)CCCC(C)NC(N)=NCCc1cccs1. The number of rotatable bonds is 8. The molecule has 0 aromatic carbocycles. The Balaban J connectivity index is 2.16. The van der Waals surface area contributed by atoms with Crippen molar-refractivity contribution in [1.82, 2.24) is 5.32 Å². The Labute approximate surface area is 121 Å². The van der Waals surface area contributed by atoms with Gasteiger partial charge in [0.25, 0.3) is 0 Å². The minimum absolute atomic E-state index is 0.407. The Morgan fingerprint density at radius 2 is 2.16 bits per heavy atom. The first-order valence-corrected chi connectivity index (χ1v) is 8.04. The van der Waals surface area contributed by atoms with Crippen LogP contribution in [0.2, 0.25) is 0 Å². The third kappa shape index (κ3) is 7.88. The normalized spacial score (nSPS) is 13.8. The maximum atomic E-state index is 5.89. The van der Waals surface area contributed by atoms with E-state index in [1.807, 2.05) is 0 Å². The fourth-order valence-corrected chi connectivity index (χ4v) is 2.64. The second-order valence-corrected chi connectivity index (χ2v) is 6.50. The highest BCUT2D eigenvalue weighted by Gasteiger charge is 2.03. The molecular formula is C15H27N3S. The quantitative estimate of drug-likeness (QED) is 0.567. The maximum Gasteiger partial charge on any atom is 0.188 e. The highest BCUT2D eigenvalue weighted by Crippen LogP contribution is 2.09. The Bertz CT molecular complexity index is 357. The topological polar surface area (TPSA) is 50.4 Å². The van der Waals surface area contributed by atoms with E-state index in [0.717, 1.165) is 25.3 Å². The predicted molar refractivity (Wildman–Crippen MR) is 85.8 cm³/mol. The van der Waals surface area contributed by atoms with Gasteiger partial charge >= 0.3 is 0 Å². The molecule has 0 radical (unpaired) electrons. The fraction of sp³-hybridized carbons (Fsp3) is 0.667. The van der Waals surface area contributed by atoms with Gasteiger partial charge in [0.05, 0.1) is 0 Å². The van der Waals surface area contributed by atoms with E-state index >= 15 is 0 Å². The van der Waals surface area contributed by atoms with E-state index < -0.39 is 0 Å². The summed E-state index contributed by atoms with van der Waals surface area (Å²) in [6.45, 7) is 7.46. The van der Waals surface area contributed by atoms with Gasteiger partial charge in [0.2, 0.25) is 0 Å². The van der Waals surface area contributed by atoms with Crippen LogP contribution in [0.15, 0.2) is 22.5 Å². The van der Waals surface area contributed by atoms with Crippen molar-refractivity contribution in [2.75, 3.05) is 6.54 Å². The Morgan fingerprint density at radius 1 is 1.37 bits per heavy atom. The van der Waals surface area contributed by atoms with Crippen LogP contribution in [0.5, 0.6) is 0 Å². The maximum absolute atomic E-state index is 5.89. The van der Waals surface area contributed by atoms with Crippen LogP contribution in [0.4, 0.5) is 0 Å². The molecule has 3 N–H and O–H groups in total. The van der Waals surface area contributed by atoms with Crippen LogP contribution in [-0.4, -0.2) is 18.5 Å². The lowest BCUT2D eigenvalue weighted by molar-refractivity contribution is 0.493. The minimum Gasteiger partial charge on any atom is -0.370 e. The Hall–Kier alpha value is -1.03. The van der Waals surface area contributed by atoms with E-state index in [-0.39, 0.29) is 0 Å². The number of nitrogens with zero attached hydrogens (tertiary/aromatic N) is 1. The predicted octanol–water partition coefficient (Wildman–Crippen LogP) is 3.41. The molecule has 0 spiro atoms. The lowest BCUT2D eigenvalue weighted by atomic mass is 10.0. The van der Waals surface area contributed by atoms with Crippen molar-refractivity contribution in [3.05, 3.63) is 22.4 Å². The number of nitrogens with one attached hydrogen (secondary N) is 1. The van der Waals surface area contributed by atoms with Gasteiger partial charge in [-0.2, -0.15) is 0 Å². The van der Waals surface area contributed by atoms with Gasteiger partial charge in [0, 0.05) is 23.9 Å². The lowest BCUT2D eigenvalue weighted by Gasteiger charge is -2.15. The van der Waals surface area contributed by atoms with Crippen molar-refractivity contribution >= 4 is 17.3 Å². The smallest absolute Gasteiger partial charge is 0.188 e. The van der Waals surface area contributed by atoms with Crippen LogP contribution < -0.4 is 11.1 Å². The number of nitrogens with two attached hydrogens (primary N) is 1. The Kier molecular flexibility index (Phi) is 7.56. The number of thiophene rings is 1. The summed E-state index contributed by atoms with van der Waals surface area (Å²) < 4.78 is 0. The summed E-state index contributed by atoms with van der Waals surface area (Å²) in [5, 5.41) is 5.36. The van der Waals surface area contributed by atoms with Gasteiger partial charge in [-0.15, -0.1) is 11.3 Å². The van der Waals surface area contributed by atoms with Crippen LogP contribution in [0.1, 0.15) is 44.9 Å². The van der Waals surface area contributed by atoms with E-state index in [0.29, 0.717) is 12.0 Å². The van der Waals surface area contributed by atoms with Gasteiger partial charge in [-0.05, 0) is 30.7 Å². The van der Waals surface area contributed by atoms with E-state index in [2.05, 4.69) is 48.6 Å². The fourth-order valence-electron chi connectivity index (χ4n) is 1.94. The number of guanidine groups is 1. The van der Waals surface area contributed by atoms with E-state index in [9.17, 15) is 0 Å². The first-order chi connectivity index (χ1) is 9.08. The molecule has 0 aliphatic carbocycles. The molecule has 0 saturated carbocycles. The molecule has 0 aliphatic rings. The van der Waals surface area contributed by atoms with Crippen molar-refractivity contribution in [3.63, 3.8) is 0 Å². The lowest BCUT2D eigenvalue weighted by Crippen LogP contribution is -2.38. The van der Waals surface area contributed by atoms with Crippen LogP contribution in [0, 0.1) is 5.92 Å². The molecule has 1 rings (SSSR count). The van der Waals surface area contributed by atoms with Crippen LogP contribution >= 0.6 is 11.3 Å². The molecule has 4 heteroatoms. The van der Waals surface area contributed by atoms with E-state index in [1.165, 1.54) is 17.7 Å². The Morgan fingerprint density at radius 3 is 2.79 bits per heavy atom. The van der Waals surface area contributed by atoms with Crippen molar-refractivity contribution in [3.8, 4) is 0 Å². The van der Waals surface area contributed by atoms with Gasteiger partial charge < -0.3 is 11.1 Å². The van der Waals surface area contributed by atoms with Gasteiger partial charge in [0.1, 0.15) is 0 Å². The monoisotopic (exact) mass is 281 g/mol. The van der Waals surface area contributed by atoms with Crippen molar-refractivity contribution in [2.45, 2.75) is 52.5 Å². The molecular weight excluding hydrogens is 254 g/mol. The van der Waals surface area contributed by atoms with Gasteiger partial charge in [-0.1, -0.05) is 32.8 Å². The molecule has 19 heavy (non-hydrogen) atoms. The molecule has 0 amide bonds. The molecule has 1 aromatic heterocycles. The summed E-state index contributed by atoms with van der Waals surface area (Å²) in [6.07, 6.45) is 4.65. The standard InChI is InChI=1S/C15H27N3S/c1-12(2)6-4-7-13(3)18-15(16)17-10-9-14-8-5-11-19-14/h5,8,11-13H,4,6-7,9-10H2,1-3H3,(H3,16,17,18). The van der Waals surface area contributed by atoms with E-state index in [4.69, 9.17) is 5.73 Å². The van der Waals surface area contributed by atoms with Crippen molar-refractivity contribution in [2.24, 2.45) is 16.6 Å². The number of aliphatic imine (C=N–C) groups is 1. The van der Waals surface area contributed by atoms with E-state index in [1.54, 1.807) is 11.3 Å².